The number of benzene rings is 3. The van der Waals surface area contributed by atoms with E-state index in [0.717, 1.165) is 36.9 Å². The van der Waals surface area contributed by atoms with Gasteiger partial charge in [0.15, 0.2) is 0 Å². The smallest absolute Gasteiger partial charge is 0.133 e. The molecule has 31 heavy (non-hydrogen) atoms. The van der Waals surface area contributed by atoms with Gasteiger partial charge in [-0.3, -0.25) is 4.90 Å². The molecule has 2 atom stereocenters. The molecule has 4 rings (SSSR count). The molecule has 3 aromatic carbocycles. The second-order valence-corrected chi connectivity index (χ2v) is 9.50. The minimum absolute atomic E-state index is 0.355. The van der Waals surface area contributed by atoms with Crippen molar-refractivity contribution in [2.75, 3.05) is 7.05 Å². The second-order valence-electron chi connectivity index (χ2n) is 9.50. The highest BCUT2D eigenvalue weighted by Crippen LogP contribution is 2.54. The van der Waals surface area contributed by atoms with Crippen molar-refractivity contribution in [3.63, 3.8) is 0 Å². The Hall–Kier alpha value is -2.42. The van der Waals surface area contributed by atoms with E-state index in [4.69, 9.17) is 0 Å². The lowest BCUT2D eigenvalue weighted by molar-refractivity contribution is -0.106. The fourth-order valence-electron chi connectivity index (χ4n) is 5.80. The summed E-state index contributed by atoms with van der Waals surface area (Å²) in [5.74, 6) is 0.355. The lowest BCUT2D eigenvalue weighted by atomic mass is 9.65. The Bertz CT molecular complexity index is 948. The van der Waals surface area contributed by atoms with Gasteiger partial charge >= 0.3 is 0 Å². The van der Waals surface area contributed by atoms with Gasteiger partial charge in [-0.2, -0.15) is 0 Å². The predicted molar refractivity (Wildman–Crippen MR) is 129 cm³/mol. The minimum Gasteiger partial charge on any atom is -0.378 e. The van der Waals surface area contributed by atoms with Crippen LogP contribution in [0.1, 0.15) is 54.0 Å². The van der Waals surface area contributed by atoms with Gasteiger partial charge in [-0.05, 0) is 56.3 Å². The highest BCUT2D eigenvalue weighted by Gasteiger charge is 2.59. The molecule has 0 heterocycles. The average molecular weight is 414 g/mol. The largest absolute Gasteiger partial charge is 0.378 e. The quantitative estimate of drug-likeness (QED) is 0.518. The molecule has 3 aromatic rings. The molecule has 0 spiro atoms. The summed E-state index contributed by atoms with van der Waals surface area (Å²) in [6.07, 6.45) is 3.22. The van der Waals surface area contributed by atoms with Crippen LogP contribution >= 0.6 is 0 Å². The number of rotatable bonds is 6. The number of hydrogen-bond acceptors (Lipinski definition) is 2. The Morgan fingerprint density at radius 2 is 1.39 bits per heavy atom. The first-order valence-corrected chi connectivity index (χ1v) is 11.5. The van der Waals surface area contributed by atoms with E-state index in [2.05, 4.69) is 112 Å². The lowest BCUT2D eigenvalue weighted by Gasteiger charge is -2.54. The van der Waals surface area contributed by atoms with Crippen molar-refractivity contribution in [2.24, 2.45) is 5.92 Å². The first-order chi connectivity index (χ1) is 14.9. The van der Waals surface area contributed by atoms with Gasteiger partial charge in [-0.15, -0.1) is 0 Å². The maximum atomic E-state index is 12.9. The van der Waals surface area contributed by atoms with Crippen LogP contribution in [0.5, 0.6) is 0 Å². The number of hydrogen-bond donors (Lipinski definition) is 1. The molecule has 0 aliphatic heterocycles. The highest BCUT2D eigenvalue weighted by molar-refractivity contribution is 5.44. The van der Waals surface area contributed by atoms with E-state index in [0.29, 0.717) is 5.92 Å². The first-order valence-electron chi connectivity index (χ1n) is 11.5. The molecule has 0 bridgehead atoms. The molecule has 1 aliphatic rings. The van der Waals surface area contributed by atoms with Gasteiger partial charge in [0.1, 0.15) is 5.60 Å². The van der Waals surface area contributed by atoms with Crippen molar-refractivity contribution >= 4 is 0 Å². The number of aryl methyl sites for hydroxylation is 2. The number of likely N-dealkylation sites (N-methyl/N-ethyl adjacent to an activating group) is 1. The molecule has 2 heteroatoms. The lowest BCUT2D eigenvalue weighted by Crippen LogP contribution is -2.63. The van der Waals surface area contributed by atoms with Crippen LogP contribution in [0.15, 0.2) is 78.9 Å². The van der Waals surface area contributed by atoms with Gasteiger partial charge in [0.2, 0.25) is 0 Å². The fourth-order valence-corrected chi connectivity index (χ4v) is 5.80. The third kappa shape index (κ3) is 3.73. The van der Waals surface area contributed by atoms with E-state index in [1.807, 2.05) is 0 Å². The summed E-state index contributed by atoms with van der Waals surface area (Å²) in [6.45, 7) is 7.33. The van der Waals surface area contributed by atoms with Crippen molar-refractivity contribution in [3.05, 3.63) is 107 Å². The zero-order chi connectivity index (χ0) is 22.1. The van der Waals surface area contributed by atoms with Crippen molar-refractivity contribution in [1.82, 2.24) is 4.90 Å². The van der Waals surface area contributed by atoms with Crippen molar-refractivity contribution in [3.8, 4) is 0 Å². The number of nitrogens with zero attached hydrogens (tertiary/aromatic N) is 1. The molecule has 1 aliphatic carbocycles. The third-order valence-electron chi connectivity index (χ3n) is 7.52. The van der Waals surface area contributed by atoms with Crippen LogP contribution in [0.3, 0.4) is 0 Å². The second kappa shape index (κ2) is 8.61. The van der Waals surface area contributed by atoms with Gasteiger partial charge < -0.3 is 5.11 Å². The molecular formula is C29H35NO. The van der Waals surface area contributed by atoms with E-state index < -0.39 is 11.1 Å². The summed E-state index contributed by atoms with van der Waals surface area (Å²) < 4.78 is 0. The monoisotopic (exact) mass is 413 g/mol. The van der Waals surface area contributed by atoms with Crippen LogP contribution in [0.4, 0.5) is 0 Å². The van der Waals surface area contributed by atoms with Crippen LogP contribution < -0.4 is 0 Å². The summed E-state index contributed by atoms with van der Waals surface area (Å²) in [5.41, 5.74) is 4.16. The van der Waals surface area contributed by atoms with Gasteiger partial charge in [-0.1, -0.05) is 103 Å². The van der Waals surface area contributed by atoms with E-state index in [1.165, 1.54) is 16.7 Å². The molecule has 1 fully saturated rings. The molecule has 0 saturated heterocycles. The van der Waals surface area contributed by atoms with Crippen LogP contribution in [0, 0.1) is 19.8 Å². The van der Waals surface area contributed by atoms with E-state index in [1.54, 1.807) is 0 Å². The summed E-state index contributed by atoms with van der Waals surface area (Å²) in [5, 5.41) is 12.9. The number of aliphatic hydroxyl groups is 1. The maximum absolute atomic E-state index is 12.9. The molecule has 2 unspecified atom stereocenters. The molecule has 1 N–H and O–H groups in total. The molecule has 0 amide bonds. The zero-order valence-corrected chi connectivity index (χ0v) is 19.3. The third-order valence-corrected chi connectivity index (χ3v) is 7.52. The Kier molecular flexibility index (Phi) is 6.05. The molecular weight excluding hydrogens is 378 g/mol. The molecule has 1 saturated carbocycles. The summed E-state index contributed by atoms with van der Waals surface area (Å²) in [6, 6.07) is 27.6. The molecule has 2 nitrogen and oxygen atoms in total. The Labute approximate surface area is 187 Å². The predicted octanol–water partition coefficient (Wildman–Crippen LogP) is 6.23. The van der Waals surface area contributed by atoms with Crippen LogP contribution in [-0.4, -0.2) is 22.6 Å². The first kappa shape index (κ1) is 21.8. The topological polar surface area (TPSA) is 23.5 Å². The molecule has 0 radical (unpaired) electrons. The average Bonchev–Trinajstić information content (AvgIpc) is 3.17. The highest BCUT2D eigenvalue weighted by atomic mass is 16.3. The summed E-state index contributed by atoms with van der Waals surface area (Å²) in [7, 11) is 2.20. The Morgan fingerprint density at radius 3 is 1.84 bits per heavy atom. The van der Waals surface area contributed by atoms with Crippen LogP contribution in [0.25, 0.3) is 0 Å². The van der Waals surface area contributed by atoms with Gasteiger partial charge in [0.25, 0.3) is 0 Å². The van der Waals surface area contributed by atoms with E-state index in [9.17, 15) is 5.11 Å². The van der Waals surface area contributed by atoms with E-state index in [-0.39, 0.29) is 0 Å². The van der Waals surface area contributed by atoms with Crippen molar-refractivity contribution < 1.29 is 5.11 Å². The summed E-state index contributed by atoms with van der Waals surface area (Å²) >= 11 is 0. The normalized spacial score (nSPS) is 21.5. The fraction of sp³-hybridized carbons (Fsp3) is 0.379. The van der Waals surface area contributed by atoms with Gasteiger partial charge in [0, 0.05) is 6.54 Å². The van der Waals surface area contributed by atoms with Crippen LogP contribution in [-0.2, 0) is 12.1 Å². The van der Waals surface area contributed by atoms with Gasteiger partial charge in [-0.25, -0.2) is 0 Å². The Morgan fingerprint density at radius 1 is 0.871 bits per heavy atom. The Balaban J connectivity index is 1.90. The van der Waals surface area contributed by atoms with Crippen LogP contribution in [0.2, 0.25) is 0 Å². The van der Waals surface area contributed by atoms with Crippen molar-refractivity contribution in [2.45, 2.75) is 57.7 Å². The molecule has 0 aromatic heterocycles. The van der Waals surface area contributed by atoms with Gasteiger partial charge in [0.05, 0.1) is 5.54 Å². The SMILES string of the molecule is Cc1ccc(C(O)(c2ccc(C)cc2)C2(N(C)Cc3ccccc3)CCCC2C)cc1. The minimum atomic E-state index is -1.10. The van der Waals surface area contributed by atoms with E-state index >= 15 is 0 Å². The molecule has 162 valence electrons. The van der Waals surface area contributed by atoms with Crippen molar-refractivity contribution in [1.29, 1.82) is 0 Å². The zero-order valence-electron chi connectivity index (χ0n) is 19.3. The standard InChI is InChI=1S/C29H35NO/c1-22-12-16-26(17-13-22)29(31,27-18-14-23(2)15-19-27)28(20-8-9-24(28)3)30(4)21-25-10-6-5-7-11-25/h5-7,10-19,24,31H,8-9,20-21H2,1-4H3. The summed E-state index contributed by atoms with van der Waals surface area (Å²) in [4.78, 5) is 2.43. The maximum Gasteiger partial charge on any atom is 0.133 e.